The normalized spacial score (nSPS) is 19.7. The average Bonchev–Trinajstić information content (AvgIpc) is 3.13. The first-order valence-electron chi connectivity index (χ1n) is 8.84. The van der Waals surface area contributed by atoms with Crippen molar-refractivity contribution in [3.8, 4) is 0 Å². The Kier molecular flexibility index (Phi) is 5.16. The van der Waals surface area contributed by atoms with Gasteiger partial charge < -0.3 is 4.90 Å². The summed E-state index contributed by atoms with van der Waals surface area (Å²) in [6.07, 6.45) is 5.55. The number of nitrogens with zero attached hydrogens (tertiary/aromatic N) is 2. The molecular formula is C19H23N3O3. The molecule has 0 aromatic heterocycles. The van der Waals surface area contributed by atoms with E-state index in [0.717, 1.165) is 35.7 Å². The van der Waals surface area contributed by atoms with E-state index in [4.69, 9.17) is 0 Å². The SMILES string of the molecule is CCCCN1C(=O)NC(=O)C(=Cc2ccc(N3CCCC3)cc2)C1=O. The molecule has 1 N–H and O–H groups in total. The van der Waals surface area contributed by atoms with Gasteiger partial charge in [0.15, 0.2) is 0 Å². The van der Waals surface area contributed by atoms with Crippen molar-refractivity contribution in [2.45, 2.75) is 32.6 Å². The lowest BCUT2D eigenvalue weighted by Gasteiger charge is -2.26. The second-order valence-corrected chi connectivity index (χ2v) is 6.41. The van der Waals surface area contributed by atoms with Gasteiger partial charge in [0.05, 0.1) is 0 Å². The third kappa shape index (κ3) is 3.73. The fraction of sp³-hybridized carbons (Fsp3) is 0.421. The second kappa shape index (κ2) is 7.51. The zero-order valence-electron chi connectivity index (χ0n) is 14.5. The lowest BCUT2D eigenvalue weighted by Crippen LogP contribution is -2.54. The smallest absolute Gasteiger partial charge is 0.331 e. The number of rotatable bonds is 5. The van der Waals surface area contributed by atoms with E-state index in [9.17, 15) is 14.4 Å². The van der Waals surface area contributed by atoms with Gasteiger partial charge in [-0.3, -0.25) is 19.8 Å². The molecule has 6 heteroatoms. The second-order valence-electron chi connectivity index (χ2n) is 6.41. The van der Waals surface area contributed by atoms with Gasteiger partial charge in [0.25, 0.3) is 11.8 Å². The Labute approximate surface area is 147 Å². The van der Waals surface area contributed by atoms with Crippen molar-refractivity contribution >= 4 is 29.6 Å². The van der Waals surface area contributed by atoms with Crippen LogP contribution in [-0.4, -0.2) is 42.4 Å². The number of imide groups is 2. The summed E-state index contributed by atoms with van der Waals surface area (Å²) in [5.74, 6) is -1.16. The number of carbonyl (C=O) groups excluding carboxylic acids is 3. The molecule has 2 fully saturated rings. The largest absolute Gasteiger partial charge is 0.372 e. The van der Waals surface area contributed by atoms with Crippen molar-refractivity contribution in [2.75, 3.05) is 24.5 Å². The highest BCUT2D eigenvalue weighted by molar-refractivity contribution is 6.31. The monoisotopic (exact) mass is 341 g/mol. The molecule has 0 bridgehead atoms. The van der Waals surface area contributed by atoms with Crippen LogP contribution in [0.1, 0.15) is 38.2 Å². The molecule has 0 saturated carbocycles. The van der Waals surface area contributed by atoms with Crippen LogP contribution in [0.25, 0.3) is 6.08 Å². The van der Waals surface area contributed by atoms with Gasteiger partial charge in [-0.2, -0.15) is 0 Å². The first-order chi connectivity index (χ1) is 12.1. The summed E-state index contributed by atoms with van der Waals surface area (Å²) in [5, 5.41) is 2.25. The number of hydrogen-bond acceptors (Lipinski definition) is 4. The summed E-state index contributed by atoms with van der Waals surface area (Å²) in [6.45, 7) is 4.43. The number of nitrogens with one attached hydrogen (secondary N) is 1. The lowest BCUT2D eigenvalue weighted by molar-refractivity contribution is -0.130. The van der Waals surface area contributed by atoms with Crippen LogP contribution in [0.2, 0.25) is 0 Å². The summed E-state index contributed by atoms with van der Waals surface area (Å²) in [6, 6.07) is 7.17. The summed E-state index contributed by atoms with van der Waals surface area (Å²) >= 11 is 0. The van der Waals surface area contributed by atoms with Crippen LogP contribution < -0.4 is 10.2 Å². The molecule has 0 unspecified atom stereocenters. The molecule has 4 amide bonds. The molecule has 0 radical (unpaired) electrons. The van der Waals surface area contributed by atoms with E-state index in [1.807, 2.05) is 31.2 Å². The Hall–Kier alpha value is -2.63. The van der Waals surface area contributed by atoms with Crippen LogP contribution in [0.3, 0.4) is 0 Å². The number of urea groups is 1. The van der Waals surface area contributed by atoms with Crippen molar-refractivity contribution in [1.82, 2.24) is 10.2 Å². The zero-order valence-corrected chi connectivity index (χ0v) is 14.5. The minimum Gasteiger partial charge on any atom is -0.372 e. The quantitative estimate of drug-likeness (QED) is 0.660. The van der Waals surface area contributed by atoms with Crippen molar-refractivity contribution in [1.29, 1.82) is 0 Å². The highest BCUT2D eigenvalue weighted by Gasteiger charge is 2.35. The molecule has 2 heterocycles. The minimum absolute atomic E-state index is 0.00428. The lowest BCUT2D eigenvalue weighted by atomic mass is 10.1. The molecule has 1 aromatic carbocycles. The Morgan fingerprint density at radius 1 is 1.08 bits per heavy atom. The molecule has 2 aliphatic rings. The van der Waals surface area contributed by atoms with Crippen LogP contribution in [0, 0.1) is 0 Å². The molecule has 6 nitrogen and oxygen atoms in total. The van der Waals surface area contributed by atoms with Crippen LogP contribution >= 0.6 is 0 Å². The first kappa shape index (κ1) is 17.2. The molecule has 2 aliphatic heterocycles. The minimum atomic E-state index is -0.634. The number of benzene rings is 1. The summed E-state index contributed by atoms with van der Waals surface area (Å²) < 4.78 is 0. The molecule has 0 atom stereocenters. The van der Waals surface area contributed by atoms with Crippen molar-refractivity contribution in [2.24, 2.45) is 0 Å². The molecule has 0 aliphatic carbocycles. The van der Waals surface area contributed by atoms with Gasteiger partial charge >= 0.3 is 6.03 Å². The van der Waals surface area contributed by atoms with Gasteiger partial charge in [0, 0.05) is 25.3 Å². The number of anilines is 1. The highest BCUT2D eigenvalue weighted by atomic mass is 16.2. The third-order valence-electron chi connectivity index (χ3n) is 4.60. The van der Waals surface area contributed by atoms with E-state index < -0.39 is 17.8 Å². The Morgan fingerprint density at radius 2 is 1.76 bits per heavy atom. The van der Waals surface area contributed by atoms with Gasteiger partial charge in [0.1, 0.15) is 5.57 Å². The van der Waals surface area contributed by atoms with E-state index in [0.29, 0.717) is 13.0 Å². The van der Waals surface area contributed by atoms with Crippen LogP contribution in [0.5, 0.6) is 0 Å². The Morgan fingerprint density at radius 3 is 2.40 bits per heavy atom. The fourth-order valence-corrected chi connectivity index (χ4v) is 3.14. The summed E-state index contributed by atoms with van der Waals surface area (Å²) in [5.41, 5.74) is 1.93. The molecule has 2 saturated heterocycles. The summed E-state index contributed by atoms with van der Waals surface area (Å²) in [4.78, 5) is 39.8. The zero-order chi connectivity index (χ0) is 17.8. The van der Waals surface area contributed by atoms with E-state index >= 15 is 0 Å². The third-order valence-corrected chi connectivity index (χ3v) is 4.60. The maximum absolute atomic E-state index is 12.5. The molecule has 132 valence electrons. The maximum Gasteiger partial charge on any atom is 0.331 e. The molecular weight excluding hydrogens is 318 g/mol. The van der Waals surface area contributed by atoms with E-state index in [1.165, 1.54) is 12.8 Å². The van der Waals surface area contributed by atoms with Crippen molar-refractivity contribution in [3.63, 3.8) is 0 Å². The molecule has 25 heavy (non-hydrogen) atoms. The number of unbranched alkanes of at least 4 members (excludes halogenated alkanes) is 1. The number of barbiturate groups is 1. The predicted molar refractivity (Wildman–Crippen MR) is 96.0 cm³/mol. The molecule has 3 rings (SSSR count). The summed E-state index contributed by atoms with van der Waals surface area (Å²) in [7, 11) is 0. The van der Waals surface area contributed by atoms with Crippen molar-refractivity contribution < 1.29 is 14.4 Å². The Balaban J connectivity index is 1.79. The van der Waals surface area contributed by atoms with Gasteiger partial charge in [-0.05, 0) is 43.0 Å². The Bertz CT molecular complexity index is 703. The van der Waals surface area contributed by atoms with Gasteiger partial charge in [0.2, 0.25) is 0 Å². The van der Waals surface area contributed by atoms with Gasteiger partial charge in [-0.25, -0.2) is 4.79 Å². The van der Waals surface area contributed by atoms with Crippen LogP contribution in [0.15, 0.2) is 29.8 Å². The highest BCUT2D eigenvalue weighted by Crippen LogP contribution is 2.22. The topological polar surface area (TPSA) is 69.7 Å². The average molecular weight is 341 g/mol. The fourth-order valence-electron chi connectivity index (χ4n) is 3.14. The van der Waals surface area contributed by atoms with E-state index in [2.05, 4.69) is 10.2 Å². The van der Waals surface area contributed by atoms with E-state index in [1.54, 1.807) is 6.08 Å². The number of carbonyl (C=O) groups is 3. The van der Waals surface area contributed by atoms with Crippen LogP contribution in [0.4, 0.5) is 10.5 Å². The number of hydrogen-bond donors (Lipinski definition) is 1. The maximum atomic E-state index is 12.5. The number of amides is 4. The molecule has 0 spiro atoms. The van der Waals surface area contributed by atoms with Crippen molar-refractivity contribution in [3.05, 3.63) is 35.4 Å². The van der Waals surface area contributed by atoms with E-state index in [-0.39, 0.29) is 5.57 Å². The van der Waals surface area contributed by atoms with Gasteiger partial charge in [-0.15, -0.1) is 0 Å². The first-order valence-corrected chi connectivity index (χ1v) is 8.84. The molecule has 1 aromatic rings. The standard InChI is InChI=1S/C19H23N3O3/c1-2-3-12-22-18(24)16(17(23)20-19(22)25)13-14-6-8-15(9-7-14)21-10-4-5-11-21/h6-9,13H,2-5,10-12H2,1H3,(H,20,23,25). The van der Waals surface area contributed by atoms with Crippen LogP contribution in [-0.2, 0) is 9.59 Å². The predicted octanol–water partition coefficient (Wildman–Crippen LogP) is 2.55. The van der Waals surface area contributed by atoms with Gasteiger partial charge in [-0.1, -0.05) is 25.5 Å².